The van der Waals surface area contributed by atoms with Crippen LogP contribution in [0.15, 0.2) is 30.5 Å². The zero-order valence-electron chi connectivity index (χ0n) is 12.0. The zero-order valence-corrected chi connectivity index (χ0v) is 12.0. The van der Waals surface area contributed by atoms with E-state index < -0.39 is 0 Å². The second kappa shape index (κ2) is 5.78. The monoisotopic (exact) mass is 259 g/mol. The Morgan fingerprint density at radius 2 is 2.16 bits per heavy atom. The molecule has 0 atom stereocenters. The van der Waals surface area contributed by atoms with E-state index in [-0.39, 0.29) is 0 Å². The number of benzene rings is 1. The van der Waals surface area contributed by atoms with Crippen molar-refractivity contribution in [1.82, 2.24) is 9.55 Å². The molecular weight excluding hydrogens is 238 g/mol. The van der Waals surface area contributed by atoms with Crippen LogP contribution in [0.2, 0.25) is 0 Å². The van der Waals surface area contributed by atoms with Gasteiger partial charge in [0.1, 0.15) is 5.75 Å². The van der Waals surface area contributed by atoms with E-state index in [1.54, 1.807) is 7.11 Å². The van der Waals surface area contributed by atoms with Gasteiger partial charge in [0.15, 0.2) is 0 Å². The molecule has 0 aliphatic carbocycles. The molecule has 1 N–H and O–H groups in total. The predicted octanol–water partition coefficient (Wildman–Crippen LogP) is 3.07. The van der Waals surface area contributed by atoms with Crippen molar-refractivity contribution >= 4 is 5.95 Å². The van der Waals surface area contributed by atoms with Gasteiger partial charge in [0, 0.05) is 12.2 Å². The summed E-state index contributed by atoms with van der Waals surface area (Å²) in [7, 11) is 1.69. The first-order valence-corrected chi connectivity index (χ1v) is 6.51. The van der Waals surface area contributed by atoms with Crippen LogP contribution >= 0.6 is 0 Å². The number of ether oxygens (including phenoxy) is 1. The number of methoxy groups -OCH3 is 1. The van der Waals surface area contributed by atoms with Crippen LogP contribution in [0.1, 0.15) is 25.1 Å². The van der Waals surface area contributed by atoms with Crippen LogP contribution in [0.4, 0.5) is 5.95 Å². The predicted molar refractivity (Wildman–Crippen MR) is 77.8 cm³/mol. The molecule has 2 aromatic rings. The van der Waals surface area contributed by atoms with Gasteiger partial charge in [0.2, 0.25) is 5.95 Å². The summed E-state index contributed by atoms with van der Waals surface area (Å²) in [5, 5.41) is 3.36. The third kappa shape index (κ3) is 3.50. The number of hydrogen-bond donors (Lipinski definition) is 1. The lowest BCUT2D eigenvalue weighted by Gasteiger charge is -2.12. The van der Waals surface area contributed by atoms with Crippen molar-refractivity contribution in [3.8, 4) is 5.75 Å². The first kappa shape index (κ1) is 13.5. The molecule has 0 fully saturated rings. The van der Waals surface area contributed by atoms with E-state index in [9.17, 15) is 0 Å². The second-order valence-corrected chi connectivity index (χ2v) is 4.98. The third-order valence-electron chi connectivity index (χ3n) is 2.80. The number of aromatic nitrogens is 2. The summed E-state index contributed by atoms with van der Waals surface area (Å²) in [6, 6.07) is 8.47. The molecule has 0 aliphatic rings. The van der Waals surface area contributed by atoms with Gasteiger partial charge in [0.05, 0.1) is 19.3 Å². The molecule has 0 saturated heterocycles. The van der Waals surface area contributed by atoms with Gasteiger partial charge in [-0.2, -0.15) is 0 Å². The van der Waals surface area contributed by atoms with Gasteiger partial charge in [-0.05, 0) is 38.5 Å². The fourth-order valence-electron chi connectivity index (χ4n) is 2.01. The standard InChI is InChI=1S/C15H21N3O/c1-11(2)16-15-17-12(3)9-18(15)10-13-6-5-7-14(8-13)19-4/h5-9,11H,10H2,1-4H3,(H,16,17). The average Bonchev–Trinajstić information content (AvgIpc) is 2.69. The molecule has 1 aromatic carbocycles. The molecule has 1 heterocycles. The van der Waals surface area contributed by atoms with Crippen LogP contribution in [0.25, 0.3) is 0 Å². The summed E-state index contributed by atoms with van der Waals surface area (Å²) in [4.78, 5) is 4.51. The van der Waals surface area contributed by atoms with Gasteiger partial charge >= 0.3 is 0 Å². The molecule has 4 nitrogen and oxygen atoms in total. The molecule has 0 amide bonds. The molecular formula is C15H21N3O. The van der Waals surface area contributed by atoms with Crippen molar-refractivity contribution in [2.24, 2.45) is 0 Å². The maximum atomic E-state index is 5.25. The maximum Gasteiger partial charge on any atom is 0.203 e. The molecule has 0 radical (unpaired) electrons. The number of imidazole rings is 1. The lowest BCUT2D eigenvalue weighted by molar-refractivity contribution is 0.414. The minimum absolute atomic E-state index is 0.367. The van der Waals surface area contributed by atoms with Gasteiger partial charge in [-0.1, -0.05) is 12.1 Å². The van der Waals surface area contributed by atoms with Crippen molar-refractivity contribution in [2.75, 3.05) is 12.4 Å². The molecule has 2 rings (SSSR count). The van der Waals surface area contributed by atoms with Crippen molar-refractivity contribution < 1.29 is 4.74 Å². The number of rotatable bonds is 5. The van der Waals surface area contributed by atoms with Crippen LogP contribution in [-0.4, -0.2) is 22.7 Å². The first-order valence-electron chi connectivity index (χ1n) is 6.51. The van der Waals surface area contributed by atoms with Crippen LogP contribution in [-0.2, 0) is 6.54 Å². The lowest BCUT2D eigenvalue weighted by Crippen LogP contribution is -2.15. The van der Waals surface area contributed by atoms with Crippen LogP contribution in [0, 0.1) is 6.92 Å². The Hall–Kier alpha value is -1.97. The molecule has 0 saturated carbocycles. The maximum absolute atomic E-state index is 5.25. The van der Waals surface area contributed by atoms with E-state index in [2.05, 4.69) is 47.0 Å². The number of hydrogen-bond acceptors (Lipinski definition) is 3. The smallest absolute Gasteiger partial charge is 0.203 e. The third-order valence-corrected chi connectivity index (χ3v) is 2.80. The van der Waals surface area contributed by atoms with Gasteiger partial charge in [0.25, 0.3) is 0 Å². The van der Waals surface area contributed by atoms with Crippen LogP contribution < -0.4 is 10.1 Å². The summed E-state index contributed by atoms with van der Waals surface area (Å²) in [6.45, 7) is 7.01. The minimum Gasteiger partial charge on any atom is -0.497 e. The molecule has 4 heteroatoms. The van der Waals surface area contributed by atoms with E-state index in [0.717, 1.165) is 23.9 Å². The molecule has 102 valence electrons. The Morgan fingerprint density at radius 3 is 2.84 bits per heavy atom. The molecule has 19 heavy (non-hydrogen) atoms. The summed E-state index contributed by atoms with van der Waals surface area (Å²) >= 11 is 0. The molecule has 0 bridgehead atoms. The highest BCUT2D eigenvalue weighted by Crippen LogP contribution is 2.17. The first-order chi connectivity index (χ1) is 9.08. The van der Waals surface area contributed by atoms with Gasteiger partial charge in [-0.25, -0.2) is 4.98 Å². The normalized spacial score (nSPS) is 10.8. The van der Waals surface area contributed by atoms with E-state index in [0.29, 0.717) is 6.04 Å². The summed E-state index contributed by atoms with van der Waals surface area (Å²) in [5.41, 5.74) is 2.22. The van der Waals surface area contributed by atoms with E-state index >= 15 is 0 Å². The highest BCUT2D eigenvalue weighted by Gasteiger charge is 2.07. The Labute approximate surface area is 114 Å². The van der Waals surface area contributed by atoms with Gasteiger partial charge in [-0.3, -0.25) is 0 Å². The number of nitrogens with zero attached hydrogens (tertiary/aromatic N) is 2. The summed E-state index contributed by atoms with van der Waals surface area (Å²) in [6.07, 6.45) is 2.06. The van der Waals surface area contributed by atoms with Crippen molar-refractivity contribution in [3.63, 3.8) is 0 Å². The molecule has 1 aromatic heterocycles. The van der Waals surface area contributed by atoms with E-state index in [1.807, 2.05) is 19.1 Å². The molecule has 0 unspecified atom stereocenters. The topological polar surface area (TPSA) is 39.1 Å². The van der Waals surface area contributed by atoms with Crippen LogP contribution in [0.3, 0.4) is 0 Å². The van der Waals surface area contributed by atoms with Crippen molar-refractivity contribution in [2.45, 2.75) is 33.4 Å². The fourth-order valence-corrected chi connectivity index (χ4v) is 2.01. The highest BCUT2D eigenvalue weighted by molar-refractivity contribution is 5.33. The van der Waals surface area contributed by atoms with E-state index in [4.69, 9.17) is 4.74 Å². The van der Waals surface area contributed by atoms with Crippen molar-refractivity contribution in [3.05, 3.63) is 41.7 Å². The Balaban J connectivity index is 2.22. The summed E-state index contributed by atoms with van der Waals surface area (Å²) < 4.78 is 7.38. The van der Waals surface area contributed by atoms with E-state index in [1.165, 1.54) is 5.56 Å². The SMILES string of the molecule is COc1cccc(Cn2cc(C)nc2NC(C)C)c1. The Bertz CT molecular complexity index is 546. The minimum atomic E-state index is 0.367. The van der Waals surface area contributed by atoms with Gasteiger partial charge < -0.3 is 14.6 Å². The van der Waals surface area contributed by atoms with Crippen molar-refractivity contribution in [1.29, 1.82) is 0 Å². The lowest BCUT2D eigenvalue weighted by atomic mass is 10.2. The fraction of sp³-hybridized carbons (Fsp3) is 0.400. The summed E-state index contributed by atoms with van der Waals surface area (Å²) in [5.74, 6) is 1.79. The quantitative estimate of drug-likeness (QED) is 0.897. The Morgan fingerprint density at radius 1 is 1.37 bits per heavy atom. The number of nitrogens with one attached hydrogen (secondary N) is 1. The zero-order chi connectivity index (χ0) is 13.8. The average molecular weight is 259 g/mol. The largest absolute Gasteiger partial charge is 0.497 e. The van der Waals surface area contributed by atoms with Crippen LogP contribution in [0.5, 0.6) is 5.75 Å². The molecule has 0 spiro atoms. The van der Waals surface area contributed by atoms with Gasteiger partial charge in [-0.15, -0.1) is 0 Å². The second-order valence-electron chi connectivity index (χ2n) is 4.98. The number of aryl methyl sites for hydroxylation is 1. The number of anilines is 1. The highest BCUT2D eigenvalue weighted by atomic mass is 16.5. The Kier molecular flexibility index (Phi) is 4.10. The molecule has 0 aliphatic heterocycles.